The first-order chi connectivity index (χ1) is 11.7. The second kappa shape index (κ2) is 7.20. The van der Waals surface area contributed by atoms with E-state index < -0.39 is 0 Å². The summed E-state index contributed by atoms with van der Waals surface area (Å²) in [4.78, 5) is 6.80. The lowest BCUT2D eigenvalue weighted by molar-refractivity contribution is 0.153. The minimum atomic E-state index is 0.122. The first-order valence-electron chi connectivity index (χ1n) is 9.47. The highest BCUT2D eigenvalue weighted by Gasteiger charge is 2.38. The topological polar surface area (TPSA) is 40.2 Å². The van der Waals surface area contributed by atoms with Gasteiger partial charge < -0.3 is 15.5 Å². The SMILES string of the molecule is CC1(C)CC(NC(=S)N(Cc2ccccn2)CC2CC2)CC(C)(C)N1. The molecule has 2 heterocycles. The maximum absolute atomic E-state index is 5.82. The van der Waals surface area contributed by atoms with Crippen molar-refractivity contribution >= 4 is 17.3 Å². The molecule has 25 heavy (non-hydrogen) atoms. The van der Waals surface area contributed by atoms with Crippen molar-refractivity contribution in [2.75, 3.05) is 6.54 Å². The Morgan fingerprint density at radius 2 is 1.92 bits per heavy atom. The number of piperidine rings is 1. The second-order valence-electron chi connectivity index (χ2n) is 9.09. The molecule has 4 nitrogen and oxygen atoms in total. The predicted molar refractivity (Wildman–Crippen MR) is 107 cm³/mol. The molecule has 0 spiro atoms. The zero-order valence-electron chi connectivity index (χ0n) is 16.0. The number of rotatable bonds is 5. The molecule has 1 aromatic heterocycles. The number of hydrogen-bond donors (Lipinski definition) is 2. The monoisotopic (exact) mass is 360 g/mol. The Hall–Kier alpha value is -1.20. The van der Waals surface area contributed by atoms with Gasteiger partial charge in [0.05, 0.1) is 12.2 Å². The molecule has 2 N–H and O–H groups in total. The number of nitrogens with zero attached hydrogens (tertiary/aromatic N) is 2. The molecule has 0 aromatic carbocycles. The van der Waals surface area contributed by atoms with Crippen LogP contribution in [0.3, 0.4) is 0 Å². The van der Waals surface area contributed by atoms with Gasteiger partial charge in [0.1, 0.15) is 0 Å². The average molecular weight is 361 g/mol. The predicted octanol–water partition coefficient (Wildman–Crippen LogP) is 3.48. The van der Waals surface area contributed by atoms with Crippen molar-refractivity contribution in [3.8, 4) is 0 Å². The normalized spacial score (nSPS) is 22.4. The van der Waals surface area contributed by atoms with Gasteiger partial charge in [-0.15, -0.1) is 0 Å². The quantitative estimate of drug-likeness (QED) is 0.787. The van der Waals surface area contributed by atoms with Crippen LogP contribution >= 0.6 is 12.2 Å². The molecular formula is C20H32N4S. The van der Waals surface area contributed by atoms with Crippen LogP contribution in [0.2, 0.25) is 0 Å². The van der Waals surface area contributed by atoms with E-state index in [1.54, 1.807) is 0 Å². The Labute approximate surface area is 157 Å². The maximum Gasteiger partial charge on any atom is 0.169 e. The van der Waals surface area contributed by atoms with Crippen LogP contribution in [0, 0.1) is 5.92 Å². The highest BCUT2D eigenvalue weighted by atomic mass is 32.1. The number of thiocarbonyl (C=S) groups is 1. The minimum Gasteiger partial charge on any atom is -0.360 e. The van der Waals surface area contributed by atoms with E-state index in [2.05, 4.69) is 54.3 Å². The molecule has 5 heteroatoms. The zero-order valence-corrected chi connectivity index (χ0v) is 16.8. The molecular weight excluding hydrogens is 328 g/mol. The summed E-state index contributed by atoms with van der Waals surface area (Å²) < 4.78 is 0. The largest absolute Gasteiger partial charge is 0.360 e. The summed E-state index contributed by atoms with van der Waals surface area (Å²) in [5.74, 6) is 0.796. The molecule has 0 amide bonds. The van der Waals surface area contributed by atoms with Gasteiger partial charge in [-0.2, -0.15) is 0 Å². The maximum atomic E-state index is 5.82. The van der Waals surface area contributed by atoms with Gasteiger partial charge >= 0.3 is 0 Å². The van der Waals surface area contributed by atoms with Crippen LogP contribution in [0.25, 0.3) is 0 Å². The first kappa shape index (κ1) is 18.6. The van der Waals surface area contributed by atoms with Crippen LogP contribution in [-0.4, -0.2) is 38.7 Å². The average Bonchev–Trinajstić information content (AvgIpc) is 3.28. The Bertz CT molecular complexity index is 579. The van der Waals surface area contributed by atoms with E-state index in [-0.39, 0.29) is 11.1 Å². The Morgan fingerprint density at radius 1 is 1.24 bits per heavy atom. The fourth-order valence-corrected chi connectivity index (χ4v) is 4.51. The molecule has 0 radical (unpaired) electrons. The van der Waals surface area contributed by atoms with Crippen molar-refractivity contribution in [1.82, 2.24) is 20.5 Å². The van der Waals surface area contributed by atoms with E-state index in [4.69, 9.17) is 12.2 Å². The van der Waals surface area contributed by atoms with Crippen molar-refractivity contribution in [3.63, 3.8) is 0 Å². The summed E-state index contributed by atoms with van der Waals surface area (Å²) in [6.45, 7) is 11.0. The van der Waals surface area contributed by atoms with Gasteiger partial charge in [0.2, 0.25) is 0 Å². The lowest BCUT2D eigenvalue weighted by atomic mass is 9.80. The lowest BCUT2D eigenvalue weighted by Crippen LogP contribution is -2.62. The van der Waals surface area contributed by atoms with Crippen molar-refractivity contribution in [2.24, 2.45) is 5.92 Å². The summed E-state index contributed by atoms with van der Waals surface area (Å²) in [6.07, 6.45) is 6.68. The molecule has 2 aliphatic rings. The van der Waals surface area contributed by atoms with Crippen LogP contribution in [0.4, 0.5) is 0 Å². The van der Waals surface area contributed by atoms with Crippen LogP contribution in [0.5, 0.6) is 0 Å². The van der Waals surface area contributed by atoms with E-state index in [1.165, 1.54) is 12.8 Å². The number of aromatic nitrogens is 1. The first-order valence-corrected chi connectivity index (χ1v) is 9.88. The van der Waals surface area contributed by atoms with Crippen LogP contribution in [0.1, 0.15) is 59.1 Å². The van der Waals surface area contributed by atoms with E-state index in [9.17, 15) is 0 Å². The van der Waals surface area contributed by atoms with Gasteiger partial charge in [0, 0.05) is 29.9 Å². The molecule has 0 atom stereocenters. The van der Waals surface area contributed by atoms with Crippen molar-refractivity contribution < 1.29 is 0 Å². The molecule has 1 saturated heterocycles. The number of nitrogens with one attached hydrogen (secondary N) is 2. The Morgan fingerprint density at radius 3 is 2.48 bits per heavy atom. The van der Waals surface area contributed by atoms with E-state index in [0.717, 1.165) is 42.7 Å². The molecule has 1 aliphatic carbocycles. The molecule has 1 aromatic rings. The van der Waals surface area contributed by atoms with Crippen LogP contribution in [0.15, 0.2) is 24.4 Å². The standard InChI is InChI=1S/C20H32N4S/c1-19(2)11-17(12-20(3,4)23-19)22-18(25)24(13-15-8-9-15)14-16-7-5-6-10-21-16/h5-7,10,15,17,23H,8-9,11-14H2,1-4H3,(H,22,25). The molecule has 1 aliphatic heterocycles. The molecule has 138 valence electrons. The lowest BCUT2D eigenvalue weighted by Gasteiger charge is -2.47. The second-order valence-corrected chi connectivity index (χ2v) is 9.48. The van der Waals surface area contributed by atoms with Crippen LogP contribution < -0.4 is 10.6 Å². The molecule has 0 unspecified atom stereocenters. The van der Waals surface area contributed by atoms with E-state index in [0.29, 0.717) is 6.04 Å². The van der Waals surface area contributed by atoms with Gasteiger partial charge in [-0.1, -0.05) is 6.07 Å². The third kappa shape index (κ3) is 5.65. The van der Waals surface area contributed by atoms with Gasteiger partial charge in [-0.3, -0.25) is 4.98 Å². The highest BCUT2D eigenvalue weighted by molar-refractivity contribution is 7.80. The molecule has 2 fully saturated rings. The number of hydrogen-bond acceptors (Lipinski definition) is 3. The summed E-state index contributed by atoms with van der Waals surface area (Å²) in [5.41, 5.74) is 1.33. The van der Waals surface area contributed by atoms with E-state index >= 15 is 0 Å². The fraction of sp³-hybridized carbons (Fsp3) is 0.700. The van der Waals surface area contributed by atoms with Crippen molar-refractivity contribution in [3.05, 3.63) is 30.1 Å². The van der Waals surface area contributed by atoms with Gasteiger partial charge in [0.25, 0.3) is 0 Å². The molecule has 1 saturated carbocycles. The highest BCUT2D eigenvalue weighted by Crippen LogP contribution is 2.31. The summed E-state index contributed by atoms with van der Waals surface area (Å²) >= 11 is 5.82. The molecule has 3 rings (SSSR count). The fourth-order valence-electron chi connectivity index (χ4n) is 4.21. The van der Waals surface area contributed by atoms with Crippen molar-refractivity contribution in [1.29, 1.82) is 0 Å². The summed E-state index contributed by atoms with van der Waals surface area (Å²) in [6, 6.07) is 6.50. The van der Waals surface area contributed by atoms with Crippen molar-refractivity contribution in [2.45, 2.75) is 77.0 Å². The van der Waals surface area contributed by atoms with E-state index in [1.807, 2.05) is 18.3 Å². The van der Waals surface area contributed by atoms with Gasteiger partial charge in [0.15, 0.2) is 5.11 Å². The number of pyridine rings is 1. The third-order valence-corrected chi connectivity index (χ3v) is 5.44. The Balaban J connectivity index is 1.65. The van der Waals surface area contributed by atoms with Gasteiger partial charge in [-0.25, -0.2) is 0 Å². The zero-order chi connectivity index (χ0) is 18.1. The minimum absolute atomic E-state index is 0.122. The summed E-state index contributed by atoms with van der Waals surface area (Å²) in [5, 5.41) is 8.30. The smallest absolute Gasteiger partial charge is 0.169 e. The Kier molecular flexibility index (Phi) is 5.35. The van der Waals surface area contributed by atoms with Gasteiger partial charge in [-0.05, 0) is 83.6 Å². The summed E-state index contributed by atoms with van der Waals surface area (Å²) in [7, 11) is 0. The third-order valence-electron chi connectivity index (χ3n) is 5.06. The van der Waals surface area contributed by atoms with Crippen LogP contribution in [-0.2, 0) is 6.54 Å². The molecule has 0 bridgehead atoms.